The van der Waals surface area contributed by atoms with E-state index in [4.69, 9.17) is 14.7 Å². The number of pyridine rings is 1. The number of aromatic nitrogens is 3. The van der Waals surface area contributed by atoms with Gasteiger partial charge in [-0.1, -0.05) is 31.2 Å². The molecule has 252 valence electrons. The summed E-state index contributed by atoms with van der Waals surface area (Å²) in [6.07, 6.45) is 8.62. The zero-order chi connectivity index (χ0) is 33.6. The Bertz CT molecular complexity index is 1770. The second kappa shape index (κ2) is 13.2. The number of carbonyl (C=O) groups is 1. The fraction of sp³-hybridized carbons (Fsp3) is 0.528. The van der Waals surface area contributed by atoms with Crippen LogP contribution in [0.1, 0.15) is 49.4 Å². The van der Waals surface area contributed by atoms with Crippen LogP contribution < -0.4 is 14.5 Å². The van der Waals surface area contributed by atoms with E-state index in [-0.39, 0.29) is 17.8 Å². The van der Waals surface area contributed by atoms with Gasteiger partial charge in [0.05, 0.1) is 52.8 Å². The maximum absolute atomic E-state index is 13.9. The van der Waals surface area contributed by atoms with Crippen molar-refractivity contribution < 1.29 is 13.9 Å². The van der Waals surface area contributed by atoms with Crippen LogP contribution in [-0.4, -0.2) is 93.2 Å². The SMILES string of the molecule is C=C(F)C(=O)N1CCN(c2nc(OCC3S[C@]3(C)N(C)CC3CCC3)nc3c2CCN(c2cncc4cccc(C)c24)C3)C[C@@H]1CC#N. The van der Waals surface area contributed by atoms with Gasteiger partial charge in [0.1, 0.15) is 12.4 Å². The molecule has 1 aliphatic carbocycles. The summed E-state index contributed by atoms with van der Waals surface area (Å²) in [7, 11) is 2.22. The van der Waals surface area contributed by atoms with E-state index < -0.39 is 17.8 Å². The first-order chi connectivity index (χ1) is 23.2. The van der Waals surface area contributed by atoms with Gasteiger partial charge in [-0.05, 0) is 51.6 Å². The molecule has 3 aliphatic heterocycles. The van der Waals surface area contributed by atoms with Gasteiger partial charge in [0.2, 0.25) is 0 Å². The Balaban J connectivity index is 1.17. The van der Waals surface area contributed by atoms with Crippen molar-refractivity contribution in [2.24, 2.45) is 5.92 Å². The maximum Gasteiger partial charge on any atom is 0.318 e. The minimum atomic E-state index is -1.01. The monoisotopic (exact) mass is 670 g/mol. The summed E-state index contributed by atoms with van der Waals surface area (Å²) in [6, 6.07) is 8.30. The van der Waals surface area contributed by atoms with Crippen molar-refractivity contribution in [2.75, 3.05) is 56.2 Å². The van der Waals surface area contributed by atoms with E-state index in [1.807, 2.05) is 24.2 Å². The lowest BCUT2D eigenvalue weighted by molar-refractivity contribution is -0.131. The summed E-state index contributed by atoms with van der Waals surface area (Å²) in [5, 5.41) is 12.2. The molecule has 5 heterocycles. The summed E-state index contributed by atoms with van der Waals surface area (Å²) < 4.78 is 20.3. The second-order valence-corrected chi connectivity index (χ2v) is 15.4. The standard InChI is InChI=1S/C36H43FN8O2S/c1-23-7-5-10-26-17-39-18-30(32(23)26)43-14-12-28-29(21-43)40-35(47-22-31-36(3,48-31)42(4)19-25-8-6-9-25)41-33(28)44-15-16-45(34(46)24(2)37)27(20-44)11-13-38/h5,7,10,17-18,25,27,31H,2,6,8-9,11-12,14-16,19-22H2,1,3-4H3/t27-,31?,36-/m0/s1. The number of hydrogen-bond donors (Lipinski definition) is 0. The highest BCUT2D eigenvalue weighted by molar-refractivity contribution is 8.08. The number of nitrogens with zero attached hydrogens (tertiary/aromatic N) is 8. The lowest BCUT2D eigenvalue weighted by Crippen LogP contribution is -2.55. The molecule has 48 heavy (non-hydrogen) atoms. The third-order valence-electron chi connectivity index (χ3n) is 10.7. The molecule has 1 saturated carbocycles. The predicted molar refractivity (Wildman–Crippen MR) is 187 cm³/mol. The number of benzene rings is 1. The third-order valence-corrected chi connectivity index (χ3v) is 12.4. The van der Waals surface area contributed by atoms with E-state index in [9.17, 15) is 14.4 Å². The molecule has 10 nitrogen and oxygen atoms in total. The Labute approximate surface area is 286 Å². The summed E-state index contributed by atoms with van der Waals surface area (Å²) in [6.45, 7) is 11.6. The van der Waals surface area contributed by atoms with Crippen molar-refractivity contribution >= 4 is 39.9 Å². The number of fused-ring (bicyclic) bond motifs is 2. The first-order valence-electron chi connectivity index (χ1n) is 16.9. The summed E-state index contributed by atoms with van der Waals surface area (Å²) >= 11 is 1.93. The third kappa shape index (κ3) is 6.18. The first kappa shape index (κ1) is 32.6. The number of halogens is 1. The van der Waals surface area contributed by atoms with E-state index in [1.54, 1.807) is 0 Å². The van der Waals surface area contributed by atoms with Gasteiger partial charge in [-0.15, -0.1) is 11.8 Å². The smallest absolute Gasteiger partial charge is 0.318 e. The number of thioether (sulfide) groups is 1. The fourth-order valence-electron chi connectivity index (χ4n) is 7.48. The molecule has 3 fully saturated rings. The summed E-state index contributed by atoms with van der Waals surface area (Å²) in [4.78, 5) is 35.5. The molecule has 0 N–H and O–H groups in total. The first-order valence-corrected chi connectivity index (χ1v) is 17.8. The van der Waals surface area contributed by atoms with Crippen molar-refractivity contribution in [1.29, 1.82) is 5.26 Å². The number of carbonyl (C=O) groups excluding carboxylic acids is 1. The predicted octanol–water partition coefficient (Wildman–Crippen LogP) is 5.25. The van der Waals surface area contributed by atoms with Crippen molar-refractivity contribution in [3.05, 3.63) is 59.8 Å². The molecule has 2 saturated heterocycles. The van der Waals surface area contributed by atoms with Crippen LogP contribution in [0.3, 0.4) is 0 Å². The van der Waals surface area contributed by atoms with Gasteiger partial charge in [0.15, 0.2) is 5.83 Å². The zero-order valence-corrected chi connectivity index (χ0v) is 28.8. The van der Waals surface area contributed by atoms with Crippen molar-refractivity contribution in [3.63, 3.8) is 0 Å². The van der Waals surface area contributed by atoms with Gasteiger partial charge in [-0.25, -0.2) is 4.39 Å². The molecule has 1 amide bonds. The lowest BCUT2D eigenvalue weighted by atomic mass is 9.85. The molecule has 1 aromatic carbocycles. The van der Waals surface area contributed by atoms with Crippen LogP contribution in [0.25, 0.3) is 10.8 Å². The number of aryl methyl sites for hydroxylation is 1. The number of ether oxygens (including phenoxy) is 1. The number of rotatable bonds is 10. The lowest BCUT2D eigenvalue weighted by Gasteiger charge is -2.42. The number of hydrogen-bond acceptors (Lipinski definition) is 10. The molecule has 0 radical (unpaired) electrons. The molecule has 0 bridgehead atoms. The Hall–Kier alpha value is -3.95. The molecule has 12 heteroatoms. The van der Waals surface area contributed by atoms with Gasteiger partial charge in [-0.3, -0.25) is 14.7 Å². The summed E-state index contributed by atoms with van der Waals surface area (Å²) in [5.41, 5.74) is 4.21. The van der Waals surface area contributed by atoms with Crippen LogP contribution >= 0.6 is 11.8 Å². The fourth-order valence-corrected chi connectivity index (χ4v) is 8.63. The van der Waals surface area contributed by atoms with Crippen molar-refractivity contribution in [1.82, 2.24) is 24.8 Å². The van der Waals surface area contributed by atoms with Crippen molar-refractivity contribution in [2.45, 2.75) is 68.7 Å². The topological polar surface area (TPSA) is 102 Å². The van der Waals surface area contributed by atoms with Gasteiger partial charge in [0.25, 0.3) is 5.91 Å². The van der Waals surface area contributed by atoms with Crippen LogP contribution in [-0.2, 0) is 17.8 Å². The van der Waals surface area contributed by atoms with Crippen LogP contribution in [0.15, 0.2) is 43.0 Å². The molecule has 2 aromatic heterocycles. The highest BCUT2D eigenvalue weighted by Gasteiger charge is 2.55. The number of piperazine rings is 1. The molecular weight excluding hydrogens is 628 g/mol. The number of amides is 1. The van der Waals surface area contributed by atoms with Crippen LogP contribution in [0, 0.1) is 24.2 Å². The van der Waals surface area contributed by atoms with Crippen LogP contribution in [0.4, 0.5) is 15.9 Å². The molecule has 4 aliphatic rings. The number of anilines is 2. The quantitative estimate of drug-likeness (QED) is 0.210. The minimum absolute atomic E-state index is 0.0382. The minimum Gasteiger partial charge on any atom is -0.462 e. The number of nitriles is 1. The Morgan fingerprint density at radius 1 is 1.23 bits per heavy atom. The van der Waals surface area contributed by atoms with Gasteiger partial charge in [0, 0.05) is 55.3 Å². The highest BCUT2D eigenvalue weighted by Crippen LogP contribution is 2.55. The van der Waals surface area contributed by atoms with Gasteiger partial charge >= 0.3 is 6.01 Å². The average Bonchev–Trinajstić information content (AvgIpc) is 3.75. The van der Waals surface area contributed by atoms with E-state index in [2.05, 4.69) is 71.4 Å². The Kier molecular flexibility index (Phi) is 8.94. The average molecular weight is 671 g/mol. The Morgan fingerprint density at radius 2 is 2.06 bits per heavy atom. The molecule has 3 atom stereocenters. The van der Waals surface area contributed by atoms with E-state index in [0.29, 0.717) is 43.9 Å². The van der Waals surface area contributed by atoms with E-state index >= 15 is 0 Å². The Morgan fingerprint density at radius 3 is 2.81 bits per heavy atom. The van der Waals surface area contributed by atoms with Crippen LogP contribution in [0.2, 0.25) is 0 Å². The summed E-state index contributed by atoms with van der Waals surface area (Å²) in [5.74, 6) is -0.203. The van der Waals surface area contributed by atoms with Gasteiger partial charge in [-0.2, -0.15) is 15.2 Å². The molecule has 0 spiro atoms. The van der Waals surface area contributed by atoms with Gasteiger partial charge < -0.3 is 19.4 Å². The largest absolute Gasteiger partial charge is 0.462 e. The molecular formula is C36H43FN8O2S. The molecule has 3 aromatic rings. The molecule has 1 unspecified atom stereocenters. The van der Waals surface area contributed by atoms with E-state index in [1.165, 1.54) is 35.1 Å². The second-order valence-electron chi connectivity index (χ2n) is 13.8. The van der Waals surface area contributed by atoms with E-state index in [0.717, 1.165) is 47.2 Å². The zero-order valence-electron chi connectivity index (χ0n) is 28.0. The highest BCUT2D eigenvalue weighted by atomic mass is 32.2. The maximum atomic E-state index is 13.9. The normalized spacial score (nSPS) is 23.9. The van der Waals surface area contributed by atoms with Crippen LogP contribution in [0.5, 0.6) is 6.01 Å². The molecule has 7 rings (SSSR count). The van der Waals surface area contributed by atoms with Crippen molar-refractivity contribution in [3.8, 4) is 12.1 Å².